The van der Waals surface area contributed by atoms with Gasteiger partial charge in [0.2, 0.25) is 0 Å². The summed E-state index contributed by atoms with van der Waals surface area (Å²) in [6.45, 7) is 10.5. The fraction of sp³-hybridized carbons (Fsp3) is 0.647. The molecule has 114 valence electrons. The van der Waals surface area contributed by atoms with Gasteiger partial charge >= 0.3 is 0 Å². The minimum absolute atomic E-state index is 0.0646. The van der Waals surface area contributed by atoms with Gasteiger partial charge in [0.15, 0.2) is 0 Å². The standard InChI is InChI=1S/C17H27F2N/c1-5-17(6-2,12-20-11-13(3)4)10-14-7-15(18)9-16(19)8-14/h7-9,13,20H,5-6,10-12H2,1-4H3. The Kier molecular flexibility index (Phi) is 6.60. The first-order valence-corrected chi connectivity index (χ1v) is 7.56. The Balaban J connectivity index is 2.79. The lowest BCUT2D eigenvalue weighted by Gasteiger charge is -2.32. The van der Waals surface area contributed by atoms with Crippen molar-refractivity contribution < 1.29 is 8.78 Å². The monoisotopic (exact) mass is 283 g/mol. The second-order valence-corrected chi connectivity index (χ2v) is 6.19. The zero-order valence-corrected chi connectivity index (χ0v) is 13.1. The molecule has 0 aliphatic heterocycles. The molecule has 1 N–H and O–H groups in total. The molecule has 1 nitrogen and oxygen atoms in total. The van der Waals surface area contributed by atoms with E-state index in [9.17, 15) is 8.78 Å². The van der Waals surface area contributed by atoms with Crippen molar-refractivity contribution in [1.29, 1.82) is 0 Å². The number of nitrogens with one attached hydrogen (secondary N) is 1. The average molecular weight is 283 g/mol. The molecule has 0 amide bonds. The van der Waals surface area contributed by atoms with E-state index in [4.69, 9.17) is 0 Å². The lowest BCUT2D eigenvalue weighted by atomic mass is 9.76. The smallest absolute Gasteiger partial charge is 0.126 e. The van der Waals surface area contributed by atoms with Gasteiger partial charge in [-0.2, -0.15) is 0 Å². The summed E-state index contributed by atoms with van der Waals surface area (Å²) in [4.78, 5) is 0. The summed E-state index contributed by atoms with van der Waals surface area (Å²) in [6, 6.07) is 3.83. The van der Waals surface area contributed by atoms with Crippen molar-refractivity contribution in [3.8, 4) is 0 Å². The third-order valence-corrected chi connectivity index (χ3v) is 4.05. The van der Waals surface area contributed by atoms with Gasteiger partial charge in [-0.05, 0) is 54.8 Å². The highest BCUT2D eigenvalue weighted by Crippen LogP contribution is 2.31. The molecule has 20 heavy (non-hydrogen) atoms. The van der Waals surface area contributed by atoms with Gasteiger partial charge in [-0.25, -0.2) is 8.78 Å². The molecule has 3 heteroatoms. The van der Waals surface area contributed by atoms with Gasteiger partial charge in [0, 0.05) is 12.6 Å². The minimum atomic E-state index is -0.490. The van der Waals surface area contributed by atoms with Crippen molar-refractivity contribution in [2.75, 3.05) is 13.1 Å². The SMILES string of the molecule is CCC(CC)(CNCC(C)C)Cc1cc(F)cc(F)c1. The van der Waals surface area contributed by atoms with Crippen LogP contribution in [0.1, 0.15) is 46.1 Å². The summed E-state index contributed by atoms with van der Waals surface area (Å²) in [6.07, 6.45) is 2.69. The van der Waals surface area contributed by atoms with Gasteiger partial charge in [0.25, 0.3) is 0 Å². The molecule has 0 unspecified atom stereocenters. The lowest BCUT2D eigenvalue weighted by molar-refractivity contribution is 0.242. The number of hydrogen-bond donors (Lipinski definition) is 1. The van der Waals surface area contributed by atoms with Gasteiger partial charge in [-0.15, -0.1) is 0 Å². The van der Waals surface area contributed by atoms with Gasteiger partial charge in [0.05, 0.1) is 0 Å². The quantitative estimate of drug-likeness (QED) is 0.737. The Morgan fingerprint density at radius 1 is 1.05 bits per heavy atom. The summed E-state index contributed by atoms with van der Waals surface area (Å²) < 4.78 is 26.6. The molecule has 0 heterocycles. The predicted octanol–water partition coefficient (Wildman–Crippen LogP) is 4.56. The molecular formula is C17H27F2N. The van der Waals surface area contributed by atoms with E-state index >= 15 is 0 Å². The third kappa shape index (κ3) is 5.20. The molecule has 0 atom stereocenters. The molecule has 0 bridgehead atoms. The van der Waals surface area contributed by atoms with Crippen LogP contribution in [-0.2, 0) is 6.42 Å². The Morgan fingerprint density at radius 2 is 1.60 bits per heavy atom. The Hall–Kier alpha value is -0.960. The first kappa shape index (κ1) is 17.1. The van der Waals surface area contributed by atoms with E-state index in [1.165, 1.54) is 12.1 Å². The van der Waals surface area contributed by atoms with E-state index in [2.05, 4.69) is 33.0 Å². The molecule has 1 aromatic carbocycles. The summed E-state index contributed by atoms with van der Waals surface area (Å²) in [7, 11) is 0. The first-order chi connectivity index (χ1) is 9.40. The van der Waals surface area contributed by atoms with E-state index in [0.717, 1.165) is 37.6 Å². The normalized spacial score (nSPS) is 12.2. The van der Waals surface area contributed by atoms with E-state index in [-0.39, 0.29) is 5.41 Å². The fourth-order valence-corrected chi connectivity index (χ4v) is 2.58. The highest BCUT2D eigenvalue weighted by molar-refractivity contribution is 5.19. The Morgan fingerprint density at radius 3 is 2.05 bits per heavy atom. The molecule has 0 saturated carbocycles. The number of rotatable bonds is 8. The van der Waals surface area contributed by atoms with Crippen molar-refractivity contribution in [1.82, 2.24) is 5.32 Å². The maximum absolute atomic E-state index is 13.3. The summed E-state index contributed by atoms with van der Waals surface area (Å²) >= 11 is 0. The molecule has 0 aliphatic rings. The highest BCUT2D eigenvalue weighted by atomic mass is 19.1. The highest BCUT2D eigenvalue weighted by Gasteiger charge is 2.26. The van der Waals surface area contributed by atoms with Gasteiger partial charge in [-0.3, -0.25) is 0 Å². The number of halogens is 2. The molecule has 0 saturated heterocycles. The summed E-state index contributed by atoms with van der Waals surface area (Å²) in [5.74, 6) is -0.375. The first-order valence-electron chi connectivity index (χ1n) is 7.56. The Labute approximate surface area is 121 Å². The topological polar surface area (TPSA) is 12.0 Å². The molecule has 1 aromatic rings. The van der Waals surface area contributed by atoms with Crippen molar-refractivity contribution in [3.63, 3.8) is 0 Å². The van der Waals surface area contributed by atoms with E-state index in [1.54, 1.807) is 0 Å². The predicted molar refractivity (Wildman–Crippen MR) is 80.8 cm³/mol. The van der Waals surface area contributed by atoms with E-state index in [1.807, 2.05) is 0 Å². The second kappa shape index (κ2) is 7.72. The van der Waals surface area contributed by atoms with Crippen LogP contribution in [0.3, 0.4) is 0 Å². The zero-order chi connectivity index (χ0) is 15.2. The summed E-state index contributed by atoms with van der Waals surface area (Å²) in [5, 5.41) is 3.49. The van der Waals surface area contributed by atoms with Gasteiger partial charge in [-0.1, -0.05) is 27.7 Å². The zero-order valence-electron chi connectivity index (χ0n) is 13.1. The largest absolute Gasteiger partial charge is 0.316 e. The van der Waals surface area contributed by atoms with Crippen LogP contribution in [0.15, 0.2) is 18.2 Å². The maximum atomic E-state index is 13.3. The fourth-order valence-electron chi connectivity index (χ4n) is 2.58. The second-order valence-electron chi connectivity index (χ2n) is 6.19. The van der Waals surface area contributed by atoms with Crippen molar-refractivity contribution >= 4 is 0 Å². The number of benzene rings is 1. The van der Waals surface area contributed by atoms with Crippen molar-refractivity contribution in [2.24, 2.45) is 11.3 Å². The molecule has 0 aromatic heterocycles. The minimum Gasteiger partial charge on any atom is -0.316 e. The van der Waals surface area contributed by atoms with Crippen LogP contribution in [0.4, 0.5) is 8.78 Å². The Bertz CT molecular complexity index is 391. The van der Waals surface area contributed by atoms with Crippen LogP contribution in [0, 0.1) is 23.0 Å². The van der Waals surface area contributed by atoms with Crippen LogP contribution < -0.4 is 5.32 Å². The molecule has 0 fully saturated rings. The van der Waals surface area contributed by atoms with Gasteiger partial charge in [0.1, 0.15) is 11.6 Å². The average Bonchev–Trinajstić information content (AvgIpc) is 2.36. The third-order valence-electron chi connectivity index (χ3n) is 4.05. The van der Waals surface area contributed by atoms with Crippen LogP contribution in [-0.4, -0.2) is 13.1 Å². The maximum Gasteiger partial charge on any atom is 0.126 e. The van der Waals surface area contributed by atoms with Crippen LogP contribution in [0.2, 0.25) is 0 Å². The van der Waals surface area contributed by atoms with E-state index < -0.39 is 11.6 Å². The van der Waals surface area contributed by atoms with E-state index in [0.29, 0.717) is 12.3 Å². The molecule has 0 spiro atoms. The molecule has 0 radical (unpaired) electrons. The van der Waals surface area contributed by atoms with Crippen molar-refractivity contribution in [2.45, 2.75) is 47.0 Å². The van der Waals surface area contributed by atoms with Gasteiger partial charge < -0.3 is 5.32 Å². The molecule has 0 aliphatic carbocycles. The lowest BCUT2D eigenvalue weighted by Crippen LogP contribution is -2.37. The van der Waals surface area contributed by atoms with Crippen LogP contribution in [0.25, 0.3) is 0 Å². The molecule has 1 rings (SSSR count). The molecular weight excluding hydrogens is 256 g/mol. The van der Waals surface area contributed by atoms with Crippen LogP contribution in [0.5, 0.6) is 0 Å². The van der Waals surface area contributed by atoms with Crippen LogP contribution >= 0.6 is 0 Å². The summed E-state index contributed by atoms with van der Waals surface area (Å²) in [5.41, 5.74) is 0.812. The number of hydrogen-bond acceptors (Lipinski definition) is 1. The van der Waals surface area contributed by atoms with Crippen molar-refractivity contribution in [3.05, 3.63) is 35.4 Å².